The first kappa shape index (κ1) is 13.4. The van der Waals surface area contributed by atoms with Crippen molar-refractivity contribution in [1.29, 1.82) is 0 Å². The summed E-state index contributed by atoms with van der Waals surface area (Å²) in [5.41, 5.74) is 6.66. The minimum atomic E-state index is 0.00351. The molecule has 0 aliphatic carbocycles. The minimum absolute atomic E-state index is 0.00351. The predicted molar refractivity (Wildman–Crippen MR) is 73.2 cm³/mol. The molecule has 1 aliphatic rings. The van der Waals surface area contributed by atoms with E-state index in [0.29, 0.717) is 23.0 Å². The molecular formula is C14H19N3O2. The maximum Gasteiger partial charge on any atom is 0.253 e. The van der Waals surface area contributed by atoms with Crippen LogP contribution < -0.4 is 5.73 Å². The van der Waals surface area contributed by atoms with Crippen molar-refractivity contribution in [2.45, 2.75) is 13.8 Å². The van der Waals surface area contributed by atoms with E-state index < -0.39 is 0 Å². The molecule has 1 heterocycles. The van der Waals surface area contributed by atoms with Crippen molar-refractivity contribution in [3.05, 3.63) is 35.4 Å². The topological polar surface area (TPSA) is 78.9 Å². The van der Waals surface area contributed by atoms with E-state index in [1.807, 2.05) is 4.90 Å². The van der Waals surface area contributed by atoms with Gasteiger partial charge in [-0.3, -0.25) is 4.79 Å². The van der Waals surface area contributed by atoms with Crippen molar-refractivity contribution >= 4 is 11.7 Å². The van der Waals surface area contributed by atoms with Crippen molar-refractivity contribution in [2.75, 3.05) is 13.1 Å². The Kier molecular flexibility index (Phi) is 3.74. The molecule has 5 heteroatoms. The Morgan fingerprint density at radius 1 is 1.32 bits per heavy atom. The van der Waals surface area contributed by atoms with Gasteiger partial charge in [0.05, 0.1) is 0 Å². The highest BCUT2D eigenvalue weighted by Gasteiger charge is 2.29. The SMILES string of the molecule is CC1CN(C(=O)c2cccc(C(N)=NO)c2)CC1C. The number of amidine groups is 1. The molecule has 0 bridgehead atoms. The van der Waals surface area contributed by atoms with E-state index in [-0.39, 0.29) is 11.7 Å². The summed E-state index contributed by atoms with van der Waals surface area (Å²) >= 11 is 0. The van der Waals surface area contributed by atoms with E-state index in [1.54, 1.807) is 24.3 Å². The molecule has 102 valence electrons. The lowest BCUT2D eigenvalue weighted by molar-refractivity contribution is 0.0785. The molecule has 1 aromatic rings. The van der Waals surface area contributed by atoms with Gasteiger partial charge in [0, 0.05) is 24.2 Å². The maximum absolute atomic E-state index is 12.4. The number of carbonyl (C=O) groups excluding carboxylic acids is 1. The molecule has 1 aliphatic heterocycles. The van der Waals surface area contributed by atoms with Crippen LogP contribution in [-0.2, 0) is 0 Å². The Morgan fingerprint density at radius 2 is 1.89 bits per heavy atom. The lowest BCUT2D eigenvalue weighted by atomic mass is 10.0. The summed E-state index contributed by atoms with van der Waals surface area (Å²) in [6.07, 6.45) is 0. The number of benzene rings is 1. The molecular weight excluding hydrogens is 242 g/mol. The molecule has 1 amide bonds. The molecule has 0 radical (unpaired) electrons. The zero-order valence-corrected chi connectivity index (χ0v) is 11.2. The summed E-state index contributed by atoms with van der Waals surface area (Å²) in [5.74, 6) is 1.06. The van der Waals surface area contributed by atoms with Crippen LogP contribution in [0.3, 0.4) is 0 Å². The van der Waals surface area contributed by atoms with E-state index in [0.717, 1.165) is 13.1 Å². The molecule has 1 fully saturated rings. The molecule has 1 aromatic carbocycles. The second-order valence-electron chi connectivity index (χ2n) is 5.23. The third kappa shape index (κ3) is 2.70. The first-order chi connectivity index (χ1) is 9.02. The Labute approximate surface area is 112 Å². The zero-order valence-electron chi connectivity index (χ0n) is 11.2. The molecule has 0 spiro atoms. The Bertz CT molecular complexity index is 503. The fourth-order valence-corrected chi connectivity index (χ4v) is 2.35. The summed E-state index contributed by atoms with van der Waals surface area (Å²) < 4.78 is 0. The van der Waals surface area contributed by atoms with Crippen molar-refractivity contribution in [2.24, 2.45) is 22.7 Å². The number of nitrogens with zero attached hydrogens (tertiary/aromatic N) is 2. The van der Waals surface area contributed by atoms with Gasteiger partial charge in [0.25, 0.3) is 5.91 Å². The highest BCUT2D eigenvalue weighted by atomic mass is 16.4. The summed E-state index contributed by atoms with van der Waals surface area (Å²) in [6, 6.07) is 6.86. The molecule has 2 unspecified atom stereocenters. The third-order valence-corrected chi connectivity index (χ3v) is 3.79. The first-order valence-corrected chi connectivity index (χ1v) is 6.40. The number of oxime groups is 1. The number of nitrogens with two attached hydrogens (primary N) is 1. The molecule has 0 aromatic heterocycles. The molecule has 5 nitrogen and oxygen atoms in total. The van der Waals surface area contributed by atoms with Gasteiger partial charge in [0.1, 0.15) is 0 Å². The predicted octanol–water partition coefficient (Wildman–Crippen LogP) is 1.51. The highest BCUT2D eigenvalue weighted by Crippen LogP contribution is 2.23. The molecule has 19 heavy (non-hydrogen) atoms. The van der Waals surface area contributed by atoms with Crippen LogP contribution in [-0.4, -0.2) is 34.9 Å². The highest BCUT2D eigenvalue weighted by molar-refractivity contribution is 6.01. The smallest absolute Gasteiger partial charge is 0.253 e. The van der Waals surface area contributed by atoms with E-state index in [1.165, 1.54) is 0 Å². The van der Waals surface area contributed by atoms with Crippen LogP contribution in [0, 0.1) is 11.8 Å². The third-order valence-electron chi connectivity index (χ3n) is 3.79. The number of likely N-dealkylation sites (tertiary alicyclic amines) is 1. The lowest BCUT2D eigenvalue weighted by Gasteiger charge is -2.16. The van der Waals surface area contributed by atoms with Crippen LogP contribution in [0.5, 0.6) is 0 Å². The second kappa shape index (κ2) is 5.30. The first-order valence-electron chi connectivity index (χ1n) is 6.40. The summed E-state index contributed by atoms with van der Waals surface area (Å²) in [4.78, 5) is 14.2. The number of rotatable bonds is 2. The Balaban J connectivity index is 2.20. The average molecular weight is 261 g/mol. The van der Waals surface area contributed by atoms with Gasteiger partial charge >= 0.3 is 0 Å². The molecule has 2 rings (SSSR count). The van der Waals surface area contributed by atoms with Crippen molar-refractivity contribution in [3.63, 3.8) is 0 Å². The summed E-state index contributed by atoms with van der Waals surface area (Å²) in [6.45, 7) is 5.89. The number of amides is 1. The fourth-order valence-electron chi connectivity index (χ4n) is 2.35. The van der Waals surface area contributed by atoms with Crippen LogP contribution in [0.15, 0.2) is 29.4 Å². The maximum atomic E-state index is 12.4. The largest absolute Gasteiger partial charge is 0.409 e. The van der Waals surface area contributed by atoms with Crippen molar-refractivity contribution in [3.8, 4) is 0 Å². The monoisotopic (exact) mass is 261 g/mol. The molecule has 1 saturated heterocycles. The van der Waals surface area contributed by atoms with Gasteiger partial charge in [-0.05, 0) is 24.0 Å². The Hall–Kier alpha value is -2.04. The van der Waals surface area contributed by atoms with Gasteiger partial charge in [0.15, 0.2) is 5.84 Å². The van der Waals surface area contributed by atoms with Gasteiger partial charge in [-0.15, -0.1) is 0 Å². The van der Waals surface area contributed by atoms with Gasteiger partial charge in [0.2, 0.25) is 0 Å². The molecule has 0 saturated carbocycles. The van der Waals surface area contributed by atoms with E-state index in [2.05, 4.69) is 19.0 Å². The van der Waals surface area contributed by atoms with Crippen molar-refractivity contribution in [1.82, 2.24) is 4.90 Å². The number of hydrogen-bond acceptors (Lipinski definition) is 3. The van der Waals surface area contributed by atoms with Gasteiger partial charge in [-0.1, -0.05) is 31.1 Å². The Morgan fingerprint density at radius 3 is 2.47 bits per heavy atom. The average Bonchev–Trinajstić information content (AvgIpc) is 2.77. The normalized spacial score (nSPS) is 23.7. The quantitative estimate of drug-likeness (QED) is 0.366. The number of hydrogen-bond donors (Lipinski definition) is 2. The number of carbonyl (C=O) groups is 1. The zero-order chi connectivity index (χ0) is 14.0. The van der Waals surface area contributed by atoms with Gasteiger partial charge < -0.3 is 15.8 Å². The molecule has 3 N–H and O–H groups in total. The van der Waals surface area contributed by atoms with Crippen LogP contribution >= 0.6 is 0 Å². The second-order valence-corrected chi connectivity index (χ2v) is 5.23. The van der Waals surface area contributed by atoms with Crippen LogP contribution in [0.1, 0.15) is 29.8 Å². The van der Waals surface area contributed by atoms with Crippen LogP contribution in [0.4, 0.5) is 0 Å². The van der Waals surface area contributed by atoms with E-state index in [4.69, 9.17) is 10.9 Å². The minimum Gasteiger partial charge on any atom is -0.409 e. The summed E-state index contributed by atoms with van der Waals surface area (Å²) in [7, 11) is 0. The summed E-state index contributed by atoms with van der Waals surface area (Å²) in [5, 5.41) is 11.6. The standard InChI is InChI=1S/C14H19N3O2/c1-9-7-17(8-10(9)2)14(18)12-5-3-4-11(6-12)13(15)16-19/h3-6,9-10,19H,7-8H2,1-2H3,(H2,15,16). The molecule has 2 atom stereocenters. The van der Waals surface area contributed by atoms with E-state index in [9.17, 15) is 4.79 Å². The van der Waals surface area contributed by atoms with E-state index >= 15 is 0 Å². The van der Waals surface area contributed by atoms with Gasteiger partial charge in [-0.25, -0.2) is 0 Å². The lowest BCUT2D eigenvalue weighted by Crippen LogP contribution is -2.29. The van der Waals surface area contributed by atoms with Crippen molar-refractivity contribution < 1.29 is 10.0 Å². The van der Waals surface area contributed by atoms with Crippen LogP contribution in [0.2, 0.25) is 0 Å². The fraction of sp³-hybridized carbons (Fsp3) is 0.429. The van der Waals surface area contributed by atoms with Crippen LogP contribution in [0.25, 0.3) is 0 Å². The van der Waals surface area contributed by atoms with Gasteiger partial charge in [-0.2, -0.15) is 0 Å².